The normalized spacial score (nSPS) is 11.5. The summed E-state index contributed by atoms with van der Waals surface area (Å²) in [4.78, 5) is 0. The highest BCUT2D eigenvalue weighted by Crippen LogP contribution is 2.54. The fraction of sp³-hybridized carbons (Fsp3) is 0.182. The van der Waals surface area contributed by atoms with E-state index < -0.39 is 15.6 Å². The molecule has 0 radical (unpaired) electrons. The molecule has 10 heteroatoms. The third kappa shape index (κ3) is 8.85. The molecule has 0 aromatic heterocycles. The van der Waals surface area contributed by atoms with E-state index in [1.165, 1.54) is 0 Å². The maximum atomic E-state index is 14.5. The van der Waals surface area contributed by atoms with Gasteiger partial charge in [-0.1, -0.05) is 72.8 Å². The molecule has 0 aliphatic heterocycles. The maximum Gasteiger partial charge on any atom is 0.647 e. The Morgan fingerprint density at radius 3 is 0.759 bits per heavy atom. The topological polar surface area (TPSA) is 89.5 Å². The van der Waals surface area contributed by atoms with E-state index in [0.717, 1.165) is 55.6 Å². The van der Waals surface area contributed by atoms with Gasteiger partial charge in [0.1, 0.15) is 34.5 Å². The van der Waals surface area contributed by atoms with Crippen LogP contribution in [0, 0.1) is 55.4 Å². The lowest BCUT2D eigenvalue weighted by molar-refractivity contribution is 0.294. The Kier molecular flexibility index (Phi) is 11.3. The van der Waals surface area contributed by atoms with Gasteiger partial charge in [-0.05, 0) is 160 Å². The number of rotatable bonds is 13. The number of hydrogen-bond acceptors (Lipinski definition) is 8. The van der Waals surface area contributed by atoms with Gasteiger partial charge in [-0.3, -0.25) is 0 Å². The van der Waals surface area contributed by atoms with Gasteiger partial charge in [0, 0.05) is 0 Å². The highest BCUT2D eigenvalue weighted by molar-refractivity contribution is 7.50. The second kappa shape index (κ2) is 15.9. The van der Waals surface area contributed by atoms with E-state index in [1.54, 1.807) is 48.5 Å². The zero-order chi connectivity index (χ0) is 38.6. The van der Waals surface area contributed by atoms with Crippen LogP contribution >= 0.6 is 15.6 Å². The van der Waals surface area contributed by atoms with Crippen molar-refractivity contribution in [3.63, 3.8) is 0 Å². The molecule has 0 spiro atoms. The van der Waals surface area contributed by atoms with Crippen LogP contribution in [-0.2, 0) is 9.13 Å². The fourth-order valence-corrected chi connectivity index (χ4v) is 9.00. The summed E-state index contributed by atoms with van der Waals surface area (Å²) in [6, 6.07) is 36.9. The lowest BCUT2D eigenvalue weighted by atomic mass is 9.96. The van der Waals surface area contributed by atoms with Gasteiger partial charge >= 0.3 is 15.6 Å². The van der Waals surface area contributed by atoms with Crippen LogP contribution in [-0.4, -0.2) is 0 Å². The molecule has 6 aromatic rings. The Labute approximate surface area is 317 Å². The molecule has 0 amide bonds. The van der Waals surface area contributed by atoms with Crippen molar-refractivity contribution in [2.24, 2.45) is 0 Å². The Morgan fingerprint density at radius 2 is 0.537 bits per heavy atom. The Bertz CT molecular complexity index is 2100. The molecule has 8 nitrogen and oxygen atoms in total. The predicted octanol–water partition coefficient (Wildman–Crippen LogP) is 13.1. The van der Waals surface area contributed by atoms with E-state index in [4.69, 9.17) is 27.1 Å². The molecule has 278 valence electrons. The van der Waals surface area contributed by atoms with E-state index in [2.05, 4.69) is 0 Å². The van der Waals surface area contributed by atoms with Gasteiger partial charge in [-0.2, -0.15) is 9.13 Å². The largest absolute Gasteiger partial charge is 0.647 e. The minimum Gasteiger partial charge on any atom is -0.386 e. The highest BCUT2D eigenvalue weighted by Gasteiger charge is 2.37. The van der Waals surface area contributed by atoms with E-state index in [0.29, 0.717) is 34.5 Å². The van der Waals surface area contributed by atoms with Crippen LogP contribution < -0.4 is 27.1 Å². The standard InChI is InChI=1S/C44H44O8P2/c1-29-17-9-13-21-39(29)47-53(45,48-40-22-14-10-18-30(40)2)51-43-33(5)25-37(26-34(43)6)38-27-35(7)44(36(8)28-38)52-54(46,49-41-23-15-11-19-31(41)3)50-42-24-16-12-20-32(42)4/h9-28H,1-8H3. The van der Waals surface area contributed by atoms with Crippen LogP contribution in [0.5, 0.6) is 34.5 Å². The van der Waals surface area contributed by atoms with Crippen molar-refractivity contribution in [2.75, 3.05) is 0 Å². The average Bonchev–Trinajstić information content (AvgIpc) is 3.12. The molecule has 0 fully saturated rings. The van der Waals surface area contributed by atoms with Crippen LogP contribution in [0.15, 0.2) is 121 Å². The molecule has 6 rings (SSSR count). The van der Waals surface area contributed by atoms with E-state index >= 15 is 0 Å². The van der Waals surface area contributed by atoms with Crippen molar-refractivity contribution in [2.45, 2.75) is 55.4 Å². The Morgan fingerprint density at radius 1 is 0.315 bits per heavy atom. The zero-order valence-corrected chi connectivity index (χ0v) is 33.5. The number of benzene rings is 6. The van der Waals surface area contributed by atoms with Crippen LogP contribution in [0.1, 0.15) is 44.5 Å². The molecule has 0 aliphatic carbocycles. The quantitative estimate of drug-likeness (QED) is 0.107. The van der Waals surface area contributed by atoms with Crippen LogP contribution in [0.4, 0.5) is 0 Å². The SMILES string of the molecule is Cc1ccccc1OP(=O)(Oc1ccccc1C)Oc1c(C)cc(-c2cc(C)c(OP(=O)(Oc3ccccc3C)Oc3ccccc3C)c(C)c2)cc1C. The zero-order valence-electron chi connectivity index (χ0n) is 31.7. The molecule has 0 atom stereocenters. The number of phosphoric ester groups is 2. The molecule has 0 saturated carbocycles. The molecular formula is C44H44O8P2. The van der Waals surface area contributed by atoms with E-state index in [-0.39, 0.29) is 0 Å². The molecular weight excluding hydrogens is 718 g/mol. The minimum absolute atomic E-state index is 0.389. The summed E-state index contributed by atoms with van der Waals surface area (Å²) < 4.78 is 65.6. The number of para-hydroxylation sites is 4. The first-order valence-electron chi connectivity index (χ1n) is 17.6. The lowest BCUT2D eigenvalue weighted by Gasteiger charge is -2.24. The first-order chi connectivity index (χ1) is 25.7. The first kappa shape index (κ1) is 38.3. The van der Waals surface area contributed by atoms with Crippen LogP contribution in [0.25, 0.3) is 11.1 Å². The molecule has 0 aliphatic rings. The van der Waals surface area contributed by atoms with Crippen LogP contribution in [0.3, 0.4) is 0 Å². The van der Waals surface area contributed by atoms with E-state index in [1.807, 2.05) is 128 Å². The van der Waals surface area contributed by atoms with Gasteiger partial charge in [0.05, 0.1) is 0 Å². The minimum atomic E-state index is -4.25. The van der Waals surface area contributed by atoms with E-state index in [9.17, 15) is 9.13 Å². The Hall–Kier alpha value is -5.42. The van der Waals surface area contributed by atoms with Crippen molar-refractivity contribution in [1.82, 2.24) is 0 Å². The summed E-state index contributed by atoms with van der Waals surface area (Å²) in [7, 11) is -8.49. The predicted molar refractivity (Wildman–Crippen MR) is 215 cm³/mol. The molecule has 0 bridgehead atoms. The summed E-state index contributed by atoms with van der Waals surface area (Å²) in [5.41, 5.74) is 7.84. The monoisotopic (exact) mass is 762 g/mol. The number of aryl methyl sites for hydroxylation is 8. The second-order valence-electron chi connectivity index (χ2n) is 13.4. The second-order valence-corrected chi connectivity index (χ2v) is 16.3. The molecule has 6 aromatic carbocycles. The lowest BCUT2D eigenvalue weighted by Crippen LogP contribution is -2.10. The first-order valence-corrected chi connectivity index (χ1v) is 20.5. The maximum absolute atomic E-state index is 14.5. The molecule has 54 heavy (non-hydrogen) atoms. The fourth-order valence-electron chi connectivity index (χ4n) is 5.97. The molecule has 0 saturated heterocycles. The number of phosphoric acid groups is 2. The van der Waals surface area contributed by atoms with Gasteiger partial charge in [0.2, 0.25) is 0 Å². The molecule has 0 unspecified atom stereocenters. The van der Waals surface area contributed by atoms with Gasteiger partial charge in [-0.25, -0.2) is 0 Å². The van der Waals surface area contributed by atoms with Crippen molar-refractivity contribution < 1.29 is 36.3 Å². The van der Waals surface area contributed by atoms with Crippen molar-refractivity contribution in [3.05, 3.63) is 166 Å². The van der Waals surface area contributed by atoms with Gasteiger partial charge in [-0.15, -0.1) is 0 Å². The summed E-state index contributed by atoms with van der Waals surface area (Å²) in [6.45, 7) is 15.0. The molecule has 0 N–H and O–H groups in total. The van der Waals surface area contributed by atoms with Gasteiger partial charge < -0.3 is 27.1 Å². The summed E-state index contributed by atoms with van der Waals surface area (Å²) in [5, 5.41) is 0. The Balaban J connectivity index is 1.31. The van der Waals surface area contributed by atoms with Gasteiger partial charge in [0.15, 0.2) is 0 Å². The molecule has 0 heterocycles. The third-order valence-electron chi connectivity index (χ3n) is 8.88. The third-order valence-corrected chi connectivity index (χ3v) is 11.4. The van der Waals surface area contributed by atoms with Crippen molar-refractivity contribution >= 4 is 15.6 Å². The summed E-state index contributed by atoms with van der Waals surface area (Å²) >= 11 is 0. The van der Waals surface area contributed by atoms with Crippen molar-refractivity contribution in [3.8, 4) is 45.6 Å². The summed E-state index contributed by atoms with van der Waals surface area (Å²) in [6.07, 6.45) is 0. The van der Waals surface area contributed by atoms with Crippen molar-refractivity contribution in [1.29, 1.82) is 0 Å². The average molecular weight is 763 g/mol. The highest BCUT2D eigenvalue weighted by atomic mass is 31.2. The van der Waals surface area contributed by atoms with Crippen LogP contribution in [0.2, 0.25) is 0 Å². The van der Waals surface area contributed by atoms with Gasteiger partial charge in [0.25, 0.3) is 0 Å². The summed E-state index contributed by atoms with van der Waals surface area (Å²) in [5.74, 6) is 2.36. The number of hydrogen-bond donors (Lipinski definition) is 0. The smallest absolute Gasteiger partial charge is 0.386 e.